The first-order valence-corrected chi connectivity index (χ1v) is 6.52. The smallest absolute Gasteiger partial charge is 0.351 e. The molecule has 0 aromatic heterocycles. The van der Waals surface area contributed by atoms with Crippen molar-refractivity contribution in [3.8, 4) is 11.5 Å². The number of carbonyl (C=O) groups excluding carboxylic acids is 2. The fourth-order valence-corrected chi connectivity index (χ4v) is 1.68. The Kier molecular flexibility index (Phi) is 4.81. The van der Waals surface area contributed by atoms with Crippen molar-refractivity contribution in [2.24, 2.45) is 0 Å². The number of carbonyl (C=O) groups is 2. The quantitative estimate of drug-likeness (QED) is 0.810. The van der Waals surface area contributed by atoms with Crippen molar-refractivity contribution in [2.45, 2.75) is 19.4 Å². The van der Waals surface area contributed by atoms with Gasteiger partial charge >= 0.3 is 5.97 Å². The normalized spacial score (nSPS) is 16.4. The van der Waals surface area contributed by atoms with Crippen LogP contribution in [0.2, 0.25) is 0 Å². The summed E-state index contributed by atoms with van der Waals surface area (Å²) in [6.07, 6.45) is -0.0142. The number of amides is 1. The summed E-state index contributed by atoms with van der Waals surface area (Å²) in [5.41, 5.74) is 0. The van der Waals surface area contributed by atoms with Crippen LogP contribution in [-0.2, 0) is 14.3 Å². The van der Waals surface area contributed by atoms with Crippen molar-refractivity contribution < 1.29 is 23.8 Å². The zero-order chi connectivity index (χ0) is 14.4. The highest BCUT2D eigenvalue weighted by Crippen LogP contribution is 2.30. The molecule has 20 heavy (non-hydrogen) atoms. The van der Waals surface area contributed by atoms with E-state index in [9.17, 15) is 9.59 Å². The minimum atomic E-state index is -0.844. The highest BCUT2D eigenvalue weighted by atomic mass is 16.6. The molecule has 1 aliphatic rings. The van der Waals surface area contributed by atoms with Gasteiger partial charge in [-0.15, -0.1) is 0 Å². The maximum absolute atomic E-state index is 11.8. The van der Waals surface area contributed by atoms with Gasteiger partial charge in [0.1, 0.15) is 6.61 Å². The Bertz CT molecular complexity index is 488. The number of hydrogen-bond acceptors (Lipinski definition) is 5. The molecular weight excluding hydrogens is 262 g/mol. The summed E-state index contributed by atoms with van der Waals surface area (Å²) in [4.78, 5) is 23.1. The molecule has 1 N–H and O–H groups in total. The molecule has 0 radical (unpaired) electrons. The lowest BCUT2D eigenvalue weighted by atomic mass is 10.2. The second-order valence-corrected chi connectivity index (χ2v) is 4.32. The van der Waals surface area contributed by atoms with Crippen LogP contribution in [0.4, 0.5) is 0 Å². The zero-order valence-electron chi connectivity index (χ0n) is 11.3. The topological polar surface area (TPSA) is 73.9 Å². The van der Waals surface area contributed by atoms with Crippen LogP contribution in [0, 0.1) is 0 Å². The Labute approximate surface area is 117 Å². The van der Waals surface area contributed by atoms with Crippen molar-refractivity contribution in [2.75, 3.05) is 19.8 Å². The van der Waals surface area contributed by atoms with Gasteiger partial charge in [0.05, 0.1) is 0 Å². The average Bonchev–Trinajstić information content (AvgIpc) is 2.50. The molecule has 0 saturated heterocycles. The van der Waals surface area contributed by atoms with E-state index in [2.05, 4.69) is 5.32 Å². The lowest BCUT2D eigenvalue weighted by Gasteiger charge is -2.24. The number of para-hydroxylation sites is 2. The summed E-state index contributed by atoms with van der Waals surface area (Å²) in [5.74, 6) is 0.164. The van der Waals surface area contributed by atoms with Crippen molar-refractivity contribution in [1.82, 2.24) is 5.32 Å². The number of fused-ring (bicyclic) bond motifs is 1. The fourth-order valence-electron chi connectivity index (χ4n) is 1.68. The molecule has 6 heteroatoms. The highest BCUT2D eigenvalue weighted by Gasteiger charge is 2.28. The third kappa shape index (κ3) is 3.63. The maximum Gasteiger partial charge on any atom is 0.351 e. The van der Waals surface area contributed by atoms with Gasteiger partial charge in [-0.3, -0.25) is 4.79 Å². The summed E-state index contributed by atoms with van der Waals surface area (Å²) < 4.78 is 15.8. The SMILES string of the molecule is CCCNC(=O)COC(=O)C1COc2ccccc2O1. The highest BCUT2D eigenvalue weighted by molar-refractivity contribution is 5.82. The average molecular weight is 279 g/mol. The molecule has 6 nitrogen and oxygen atoms in total. The van der Waals surface area contributed by atoms with Gasteiger partial charge < -0.3 is 19.5 Å². The molecule has 1 unspecified atom stereocenters. The minimum Gasteiger partial charge on any atom is -0.485 e. The number of rotatable bonds is 5. The van der Waals surface area contributed by atoms with Crippen LogP contribution in [0.15, 0.2) is 24.3 Å². The van der Waals surface area contributed by atoms with Crippen molar-refractivity contribution in [3.05, 3.63) is 24.3 Å². The Morgan fingerprint density at radius 1 is 1.35 bits per heavy atom. The molecule has 0 spiro atoms. The van der Waals surface area contributed by atoms with Crippen LogP contribution < -0.4 is 14.8 Å². The Morgan fingerprint density at radius 3 is 2.85 bits per heavy atom. The van der Waals surface area contributed by atoms with Crippen LogP contribution in [0.5, 0.6) is 11.5 Å². The van der Waals surface area contributed by atoms with Gasteiger partial charge in [0.15, 0.2) is 18.1 Å². The van der Waals surface area contributed by atoms with E-state index in [4.69, 9.17) is 14.2 Å². The van der Waals surface area contributed by atoms with Gasteiger partial charge in [-0.2, -0.15) is 0 Å². The first-order valence-electron chi connectivity index (χ1n) is 6.52. The van der Waals surface area contributed by atoms with E-state index < -0.39 is 12.1 Å². The third-order valence-electron chi connectivity index (χ3n) is 2.69. The monoisotopic (exact) mass is 279 g/mol. The number of benzene rings is 1. The van der Waals surface area contributed by atoms with Crippen LogP contribution in [0.25, 0.3) is 0 Å². The largest absolute Gasteiger partial charge is 0.485 e. The van der Waals surface area contributed by atoms with Crippen molar-refractivity contribution in [1.29, 1.82) is 0 Å². The molecular formula is C14H17NO5. The van der Waals surface area contributed by atoms with Gasteiger partial charge in [-0.25, -0.2) is 4.79 Å². The summed E-state index contributed by atoms with van der Waals surface area (Å²) in [7, 11) is 0. The van der Waals surface area contributed by atoms with Gasteiger partial charge in [-0.05, 0) is 18.6 Å². The molecule has 0 aliphatic carbocycles. The van der Waals surface area contributed by atoms with Crippen molar-refractivity contribution >= 4 is 11.9 Å². The standard InChI is InChI=1S/C14H17NO5/c1-2-7-15-13(16)9-19-14(17)12-8-18-10-5-3-4-6-11(10)20-12/h3-6,12H,2,7-9H2,1H3,(H,15,16). The maximum atomic E-state index is 11.8. The Morgan fingerprint density at radius 2 is 2.10 bits per heavy atom. The molecule has 1 amide bonds. The minimum absolute atomic E-state index is 0.0758. The molecule has 1 heterocycles. The molecule has 0 saturated carbocycles. The molecule has 2 rings (SSSR count). The summed E-state index contributed by atoms with van der Waals surface area (Å²) in [6, 6.07) is 7.07. The molecule has 0 fully saturated rings. The molecule has 1 atom stereocenters. The van der Waals surface area contributed by atoms with E-state index in [1.165, 1.54) is 0 Å². The predicted molar refractivity (Wildman–Crippen MR) is 70.6 cm³/mol. The zero-order valence-corrected chi connectivity index (χ0v) is 11.3. The molecule has 0 bridgehead atoms. The summed E-state index contributed by atoms with van der Waals surface area (Å²) in [6.45, 7) is 2.27. The Hall–Kier alpha value is -2.24. The molecule has 1 aromatic rings. The Balaban J connectivity index is 1.81. The van der Waals surface area contributed by atoms with Crippen LogP contribution in [-0.4, -0.2) is 37.7 Å². The van der Waals surface area contributed by atoms with Crippen LogP contribution in [0.1, 0.15) is 13.3 Å². The van der Waals surface area contributed by atoms with Crippen LogP contribution in [0.3, 0.4) is 0 Å². The molecule has 1 aromatic carbocycles. The van der Waals surface area contributed by atoms with E-state index in [0.29, 0.717) is 18.0 Å². The first-order chi connectivity index (χ1) is 9.70. The van der Waals surface area contributed by atoms with Gasteiger partial charge in [0.2, 0.25) is 6.10 Å². The van der Waals surface area contributed by atoms with Gasteiger partial charge in [-0.1, -0.05) is 19.1 Å². The summed E-state index contributed by atoms with van der Waals surface area (Å²) in [5, 5.41) is 2.62. The van der Waals surface area contributed by atoms with E-state index in [1.807, 2.05) is 13.0 Å². The number of nitrogens with one attached hydrogen (secondary N) is 1. The lowest BCUT2D eigenvalue weighted by Crippen LogP contribution is -2.39. The molecule has 108 valence electrons. The second kappa shape index (κ2) is 6.79. The van der Waals surface area contributed by atoms with Crippen LogP contribution >= 0.6 is 0 Å². The van der Waals surface area contributed by atoms with Gasteiger partial charge in [0, 0.05) is 6.54 Å². The number of esters is 1. The predicted octanol–water partition coefficient (Wildman–Crippen LogP) is 0.896. The van der Waals surface area contributed by atoms with E-state index in [-0.39, 0.29) is 19.1 Å². The summed E-state index contributed by atoms with van der Waals surface area (Å²) >= 11 is 0. The number of ether oxygens (including phenoxy) is 3. The molecule has 1 aliphatic heterocycles. The fraction of sp³-hybridized carbons (Fsp3) is 0.429. The van der Waals surface area contributed by atoms with E-state index >= 15 is 0 Å². The van der Waals surface area contributed by atoms with Gasteiger partial charge in [0.25, 0.3) is 5.91 Å². The van der Waals surface area contributed by atoms with E-state index in [0.717, 1.165) is 6.42 Å². The van der Waals surface area contributed by atoms with Crippen molar-refractivity contribution in [3.63, 3.8) is 0 Å². The third-order valence-corrected chi connectivity index (χ3v) is 2.69. The second-order valence-electron chi connectivity index (χ2n) is 4.32. The van der Waals surface area contributed by atoms with E-state index in [1.54, 1.807) is 18.2 Å². The first kappa shape index (κ1) is 14.2. The lowest BCUT2D eigenvalue weighted by molar-refractivity contribution is -0.157. The number of hydrogen-bond donors (Lipinski definition) is 1.